The largest absolute Gasteiger partial charge is 0.508 e. The Labute approximate surface area is 158 Å². The van der Waals surface area contributed by atoms with Crippen LogP contribution in [0.2, 0.25) is 0 Å². The van der Waals surface area contributed by atoms with Crippen molar-refractivity contribution in [1.29, 1.82) is 0 Å². The monoisotopic (exact) mass is 374 g/mol. The van der Waals surface area contributed by atoms with E-state index in [1.54, 1.807) is 50.2 Å². The van der Waals surface area contributed by atoms with Crippen LogP contribution in [-0.4, -0.2) is 50.6 Å². The van der Waals surface area contributed by atoms with Crippen molar-refractivity contribution < 1.29 is 29.9 Å². The molecule has 0 spiro atoms. The first kappa shape index (κ1) is 19.6. The molecule has 27 heavy (non-hydrogen) atoms. The molecule has 6 heteroatoms. The highest BCUT2D eigenvalue weighted by Crippen LogP contribution is 2.34. The summed E-state index contributed by atoms with van der Waals surface area (Å²) in [5.74, 6) is -0.678. The summed E-state index contributed by atoms with van der Waals surface area (Å²) in [5.41, 5.74) is 1.52. The lowest BCUT2D eigenvalue weighted by Crippen LogP contribution is -2.44. The van der Waals surface area contributed by atoms with Crippen LogP contribution >= 0.6 is 0 Å². The molecule has 1 aliphatic rings. The molecule has 0 aliphatic carbocycles. The van der Waals surface area contributed by atoms with Crippen molar-refractivity contribution in [2.45, 2.75) is 56.9 Å². The minimum atomic E-state index is -0.936. The van der Waals surface area contributed by atoms with E-state index in [-0.39, 0.29) is 24.3 Å². The minimum Gasteiger partial charge on any atom is -0.508 e. The molecule has 0 amide bonds. The van der Waals surface area contributed by atoms with E-state index in [0.717, 1.165) is 11.1 Å². The molecule has 1 saturated heterocycles. The average molecular weight is 374 g/mol. The van der Waals surface area contributed by atoms with Crippen LogP contribution in [0.3, 0.4) is 0 Å². The van der Waals surface area contributed by atoms with Gasteiger partial charge in [-0.25, -0.2) is 0 Å². The molecule has 0 saturated carbocycles. The van der Waals surface area contributed by atoms with Gasteiger partial charge in [-0.1, -0.05) is 24.3 Å². The smallest absolute Gasteiger partial charge is 0.164 e. The predicted octanol–water partition coefficient (Wildman–Crippen LogP) is 2.12. The van der Waals surface area contributed by atoms with Crippen molar-refractivity contribution >= 4 is 0 Å². The Morgan fingerprint density at radius 2 is 1.22 bits per heavy atom. The fourth-order valence-electron chi connectivity index (χ4n) is 3.49. The number of rotatable bonds is 6. The van der Waals surface area contributed by atoms with E-state index in [2.05, 4.69) is 0 Å². The van der Waals surface area contributed by atoms with E-state index in [4.69, 9.17) is 9.47 Å². The lowest BCUT2D eigenvalue weighted by molar-refractivity contribution is -0.160. The highest BCUT2D eigenvalue weighted by molar-refractivity contribution is 5.29. The molecular formula is C21H26O6. The summed E-state index contributed by atoms with van der Waals surface area (Å²) < 4.78 is 11.7. The molecule has 2 aromatic rings. The van der Waals surface area contributed by atoms with Gasteiger partial charge in [0.15, 0.2) is 5.79 Å². The minimum absolute atomic E-state index is 0.129. The maximum absolute atomic E-state index is 10.7. The summed E-state index contributed by atoms with van der Waals surface area (Å²) in [7, 11) is 0. The van der Waals surface area contributed by atoms with Crippen LogP contribution in [0.4, 0.5) is 0 Å². The standard InChI is InChI=1S/C21H26O6/c1-21(2)26-19(17(24)11-13-5-3-7-15(22)9-13)20(27-21)18(25)12-14-6-4-8-16(23)10-14/h3-10,17-20,22-25H,11-12H2,1-2H3/t17-,18-,19-,20-/m0/s1. The number of benzene rings is 2. The van der Waals surface area contributed by atoms with Gasteiger partial charge >= 0.3 is 0 Å². The molecule has 1 fully saturated rings. The van der Waals surface area contributed by atoms with E-state index in [9.17, 15) is 20.4 Å². The van der Waals surface area contributed by atoms with Gasteiger partial charge < -0.3 is 29.9 Å². The fraction of sp³-hybridized carbons (Fsp3) is 0.429. The van der Waals surface area contributed by atoms with Crippen LogP contribution in [-0.2, 0) is 22.3 Å². The number of ether oxygens (including phenoxy) is 2. The zero-order valence-corrected chi connectivity index (χ0v) is 15.4. The zero-order chi connectivity index (χ0) is 19.6. The Bertz CT molecular complexity index is 711. The summed E-state index contributed by atoms with van der Waals surface area (Å²) in [6.45, 7) is 3.48. The Morgan fingerprint density at radius 3 is 1.59 bits per heavy atom. The van der Waals surface area contributed by atoms with Gasteiger partial charge in [0.25, 0.3) is 0 Å². The van der Waals surface area contributed by atoms with Crippen LogP contribution in [0.25, 0.3) is 0 Å². The van der Waals surface area contributed by atoms with E-state index in [1.807, 2.05) is 12.1 Å². The molecule has 1 heterocycles. The Morgan fingerprint density at radius 1 is 0.815 bits per heavy atom. The number of phenolic OH excluding ortho intramolecular Hbond substituents is 2. The molecule has 1 aliphatic heterocycles. The average Bonchev–Trinajstić information content (AvgIpc) is 2.91. The first-order valence-corrected chi connectivity index (χ1v) is 9.01. The van der Waals surface area contributed by atoms with Gasteiger partial charge in [0, 0.05) is 12.8 Å². The van der Waals surface area contributed by atoms with Crippen LogP contribution in [0.15, 0.2) is 48.5 Å². The molecule has 4 N–H and O–H groups in total. The van der Waals surface area contributed by atoms with Gasteiger partial charge in [0.05, 0.1) is 12.2 Å². The molecule has 2 aromatic carbocycles. The summed E-state index contributed by atoms with van der Waals surface area (Å²) in [4.78, 5) is 0. The highest BCUT2D eigenvalue weighted by Gasteiger charge is 2.47. The molecular weight excluding hydrogens is 348 g/mol. The van der Waals surface area contributed by atoms with Crippen molar-refractivity contribution in [3.63, 3.8) is 0 Å². The van der Waals surface area contributed by atoms with Gasteiger partial charge in [-0.15, -0.1) is 0 Å². The summed E-state index contributed by atoms with van der Waals surface area (Å²) in [6.07, 6.45) is -2.78. The molecule has 4 atom stereocenters. The second-order valence-electron chi connectivity index (χ2n) is 7.45. The lowest BCUT2D eigenvalue weighted by atomic mass is 9.94. The number of phenols is 2. The van der Waals surface area contributed by atoms with Crippen molar-refractivity contribution in [2.24, 2.45) is 0 Å². The third kappa shape index (κ3) is 4.99. The third-order valence-electron chi connectivity index (χ3n) is 4.63. The SMILES string of the molecule is CC1(C)O[C@@H]([C@@H](O)Cc2cccc(O)c2)[C@H]([C@@H](O)Cc2cccc(O)c2)O1. The molecule has 0 bridgehead atoms. The van der Waals surface area contributed by atoms with Gasteiger partial charge in [-0.05, 0) is 49.2 Å². The zero-order valence-electron chi connectivity index (χ0n) is 15.4. The summed E-state index contributed by atoms with van der Waals surface area (Å²) in [6, 6.07) is 13.3. The van der Waals surface area contributed by atoms with Crippen LogP contribution in [0.1, 0.15) is 25.0 Å². The third-order valence-corrected chi connectivity index (χ3v) is 4.63. The summed E-state index contributed by atoms with van der Waals surface area (Å²) >= 11 is 0. The summed E-state index contributed by atoms with van der Waals surface area (Å²) in [5, 5.41) is 40.6. The Kier molecular flexibility index (Phi) is 5.72. The molecule has 146 valence electrons. The van der Waals surface area contributed by atoms with Crippen LogP contribution < -0.4 is 0 Å². The maximum atomic E-state index is 10.7. The van der Waals surface area contributed by atoms with Gasteiger partial charge in [-0.3, -0.25) is 0 Å². The van der Waals surface area contributed by atoms with Crippen molar-refractivity contribution in [1.82, 2.24) is 0 Å². The van der Waals surface area contributed by atoms with Crippen molar-refractivity contribution in [2.75, 3.05) is 0 Å². The van der Waals surface area contributed by atoms with Crippen molar-refractivity contribution in [3.8, 4) is 11.5 Å². The van der Waals surface area contributed by atoms with E-state index >= 15 is 0 Å². The second-order valence-corrected chi connectivity index (χ2v) is 7.45. The molecule has 0 radical (unpaired) electrons. The number of aliphatic hydroxyl groups excluding tert-OH is 2. The quantitative estimate of drug-likeness (QED) is 0.618. The number of hydrogen-bond acceptors (Lipinski definition) is 6. The fourth-order valence-corrected chi connectivity index (χ4v) is 3.49. The molecule has 0 unspecified atom stereocenters. The first-order chi connectivity index (χ1) is 12.7. The van der Waals surface area contributed by atoms with Crippen LogP contribution in [0, 0.1) is 0 Å². The molecule has 6 nitrogen and oxygen atoms in total. The number of aliphatic hydroxyl groups is 2. The number of aromatic hydroxyl groups is 2. The predicted molar refractivity (Wildman–Crippen MR) is 99.5 cm³/mol. The molecule has 0 aromatic heterocycles. The lowest BCUT2D eigenvalue weighted by Gasteiger charge is -2.26. The Balaban J connectivity index is 1.73. The van der Waals surface area contributed by atoms with Gasteiger partial charge in [0.1, 0.15) is 23.7 Å². The second kappa shape index (κ2) is 7.86. The van der Waals surface area contributed by atoms with E-state index in [0.29, 0.717) is 0 Å². The highest BCUT2D eigenvalue weighted by atomic mass is 16.8. The topological polar surface area (TPSA) is 99.4 Å². The van der Waals surface area contributed by atoms with E-state index < -0.39 is 30.2 Å². The first-order valence-electron chi connectivity index (χ1n) is 9.01. The van der Waals surface area contributed by atoms with Crippen LogP contribution in [0.5, 0.6) is 11.5 Å². The Hall–Kier alpha value is -2.12. The van der Waals surface area contributed by atoms with Gasteiger partial charge in [-0.2, -0.15) is 0 Å². The van der Waals surface area contributed by atoms with Gasteiger partial charge in [0.2, 0.25) is 0 Å². The van der Waals surface area contributed by atoms with E-state index in [1.165, 1.54) is 0 Å². The molecule has 3 rings (SSSR count). The maximum Gasteiger partial charge on any atom is 0.164 e. The van der Waals surface area contributed by atoms with Crippen molar-refractivity contribution in [3.05, 3.63) is 59.7 Å². The normalized spacial score (nSPS) is 23.9. The number of hydrogen-bond donors (Lipinski definition) is 4.